The number of aryl methyl sites for hydroxylation is 1. The fraction of sp³-hybridized carbons (Fsp3) is 0.500. The van der Waals surface area contributed by atoms with E-state index in [1.165, 1.54) is 21.4 Å². The highest BCUT2D eigenvalue weighted by molar-refractivity contribution is 9.10. The second-order valence-electron chi connectivity index (χ2n) is 4.51. The highest BCUT2D eigenvalue weighted by Crippen LogP contribution is 2.36. The van der Waals surface area contributed by atoms with Gasteiger partial charge in [0.2, 0.25) is 0 Å². The van der Waals surface area contributed by atoms with E-state index in [-0.39, 0.29) is 0 Å². The molecule has 0 fully saturated rings. The molecule has 1 aliphatic heterocycles. The van der Waals surface area contributed by atoms with Crippen molar-refractivity contribution >= 4 is 27.3 Å². The molecule has 1 aromatic rings. The van der Waals surface area contributed by atoms with Gasteiger partial charge in [0.1, 0.15) is 0 Å². The molecule has 0 bridgehead atoms. The third-order valence-electron chi connectivity index (χ3n) is 2.82. The second kappa shape index (κ2) is 4.05. The van der Waals surface area contributed by atoms with Gasteiger partial charge in [-0.1, -0.05) is 6.92 Å². The lowest BCUT2D eigenvalue weighted by Crippen LogP contribution is -2.24. The molecule has 0 aliphatic carbocycles. The van der Waals surface area contributed by atoms with E-state index in [2.05, 4.69) is 59.2 Å². The van der Waals surface area contributed by atoms with Crippen molar-refractivity contribution in [3.8, 4) is 0 Å². The van der Waals surface area contributed by atoms with Gasteiger partial charge >= 0.3 is 0 Å². The van der Waals surface area contributed by atoms with Gasteiger partial charge in [0, 0.05) is 24.6 Å². The number of halogens is 1. The van der Waals surface area contributed by atoms with Crippen molar-refractivity contribution in [1.29, 1.82) is 0 Å². The number of fused-ring (bicyclic) bond motifs is 1. The molecule has 2 rings (SSSR count). The largest absolute Gasteiger partial charge is 0.383 e. The Balaban J connectivity index is 2.48. The Bertz CT molecular complexity index is 376. The zero-order chi connectivity index (χ0) is 11.0. The SMILES string of the molecule is Cc1cc(Br)c2c(c1)NCC(C)CN2C. The quantitative estimate of drug-likeness (QED) is 0.777. The Hall–Kier alpha value is -0.700. The summed E-state index contributed by atoms with van der Waals surface area (Å²) in [4.78, 5) is 2.32. The summed E-state index contributed by atoms with van der Waals surface area (Å²) < 4.78 is 1.18. The number of anilines is 2. The minimum Gasteiger partial charge on any atom is -0.383 e. The van der Waals surface area contributed by atoms with Crippen LogP contribution in [-0.2, 0) is 0 Å². The molecule has 1 atom stereocenters. The summed E-state index contributed by atoms with van der Waals surface area (Å²) in [5.41, 5.74) is 3.81. The number of benzene rings is 1. The summed E-state index contributed by atoms with van der Waals surface area (Å²) in [5.74, 6) is 0.676. The van der Waals surface area contributed by atoms with Crippen LogP contribution in [-0.4, -0.2) is 20.1 Å². The maximum absolute atomic E-state index is 3.65. The first-order valence-electron chi connectivity index (χ1n) is 5.33. The Kier molecular flexibility index (Phi) is 2.91. The molecule has 0 saturated carbocycles. The molecular formula is C12H17BrN2. The lowest BCUT2D eigenvalue weighted by molar-refractivity contribution is 0.617. The van der Waals surface area contributed by atoms with E-state index in [0.29, 0.717) is 5.92 Å². The van der Waals surface area contributed by atoms with Crippen molar-refractivity contribution in [3.63, 3.8) is 0 Å². The van der Waals surface area contributed by atoms with Crippen molar-refractivity contribution < 1.29 is 0 Å². The number of nitrogens with zero attached hydrogens (tertiary/aromatic N) is 1. The van der Waals surface area contributed by atoms with Crippen molar-refractivity contribution in [2.45, 2.75) is 13.8 Å². The summed E-state index contributed by atoms with van der Waals surface area (Å²) in [7, 11) is 2.16. The zero-order valence-corrected chi connectivity index (χ0v) is 11.1. The van der Waals surface area contributed by atoms with Crippen molar-refractivity contribution in [2.24, 2.45) is 5.92 Å². The minimum atomic E-state index is 0.676. The summed E-state index contributed by atoms with van der Waals surface area (Å²) in [5, 5.41) is 3.52. The molecule has 1 unspecified atom stereocenters. The highest BCUT2D eigenvalue weighted by Gasteiger charge is 2.18. The summed E-state index contributed by atoms with van der Waals surface area (Å²) in [6, 6.07) is 4.39. The first-order chi connectivity index (χ1) is 7.08. The lowest BCUT2D eigenvalue weighted by atomic mass is 10.2. The first-order valence-corrected chi connectivity index (χ1v) is 6.12. The Morgan fingerprint density at radius 2 is 2.20 bits per heavy atom. The highest BCUT2D eigenvalue weighted by atomic mass is 79.9. The number of hydrogen-bond donors (Lipinski definition) is 1. The van der Waals surface area contributed by atoms with Crippen LogP contribution in [0, 0.1) is 12.8 Å². The van der Waals surface area contributed by atoms with E-state index in [1.807, 2.05) is 0 Å². The van der Waals surface area contributed by atoms with Gasteiger partial charge in [-0.05, 0) is 46.5 Å². The summed E-state index contributed by atoms with van der Waals surface area (Å²) in [6.07, 6.45) is 0. The molecule has 0 radical (unpaired) electrons. The van der Waals surface area contributed by atoms with E-state index >= 15 is 0 Å². The molecule has 0 spiro atoms. The van der Waals surface area contributed by atoms with Gasteiger partial charge < -0.3 is 10.2 Å². The first kappa shape index (κ1) is 10.8. The molecular weight excluding hydrogens is 252 g/mol. The Labute approximate surface area is 99.8 Å². The average Bonchev–Trinajstić information content (AvgIpc) is 2.25. The molecule has 1 heterocycles. The van der Waals surface area contributed by atoms with Crippen LogP contribution in [0.3, 0.4) is 0 Å². The molecule has 1 N–H and O–H groups in total. The fourth-order valence-electron chi connectivity index (χ4n) is 2.16. The molecule has 1 aliphatic rings. The number of hydrogen-bond acceptors (Lipinski definition) is 2. The van der Waals surface area contributed by atoms with Gasteiger partial charge in [-0.15, -0.1) is 0 Å². The van der Waals surface area contributed by atoms with Crippen LogP contribution >= 0.6 is 15.9 Å². The lowest BCUT2D eigenvalue weighted by Gasteiger charge is -2.22. The van der Waals surface area contributed by atoms with E-state index in [0.717, 1.165) is 13.1 Å². The normalized spacial score (nSPS) is 20.5. The van der Waals surface area contributed by atoms with E-state index in [4.69, 9.17) is 0 Å². The van der Waals surface area contributed by atoms with Crippen molar-refractivity contribution in [1.82, 2.24) is 0 Å². The van der Waals surface area contributed by atoms with Crippen LogP contribution < -0.4 is 10.2 Å². The molecule has 0 aromatic heterocycles. The number of nitrogens with one attached hydrogen (secondary N) is 1. The predicted octanol–water partition coefficient (Wildman–Crippen LogP) is 3.26. The summed E-state index contributed by atoms with van der Waals surface area (Å²) in [6.45, 7) is 6.55. The molecule has 0 amide bonds. The average molecular weight is 269 g/mol. The molecule has 2 nitrogen and oxygen atoms in total. The van der Waals surface area contributed by atoms with Crippen LogP contribution in [0.2, 0.25) is 0 Å². The maximum atomic E-state index is 3.65. The van der Waals surface area contributed by atoms with Gasteiger partial charge in [-0.3, -0.25) is 0 Å². The summed E-state index contributed by atoms with van der Waals surface area (Å²) >= 11 is 3.65. The third-order valence-corrected chi connectivity index (χ3v) is 3.42. The zero-order valence-electron chi connectivity index (χ0n) is 9.47. The molecule has 15 heavy (non-hydrogen) atoms. The van der Waals surface area contributed by atoms with Crippen LogP contribution in [0.5, 0.6) is 0 Å². The van der Waals surface area contributed by atoms with Crippen LogP contribution in [0.25, 0.3) is 0 Å². The van der Waals surface area contributed by atoms with Gasteiger partial charge in [0.15, 0.2) is 0 Å². The molecule has 1 aromatic carbocycles. The standard InChI is InChI=1S/C12H17BrN2/c1-8-4-10(13)12-11(5-8)14-6-9(2)7-15(12)3/h4-5,9,14H,6-7H2,1-3H3. The minimum absolute atomic E-state index is 0.676. The van der Waals surface area contributed by atoms with Crippen LogP contribution in [0.15, 0.2) is 16.6 Å². The second-order valence-corrected chi connectivity index (χ2v) is 5.36. The van der Waals surface area contributed by atoms with E-state index in [9.17, 15) is 0 Å². The molecule has 82 valence electrons. The third kappa shape index (κ3) is 2.12. The topological polar surface area (TPSA) is 15.3 Å². The Morgan fingerprint density at radius 3 is 2.93 bits per heavy atom. The number of rotatable bonds is 0. The molecule has 3 heteroatoms. The maximum Gasteiger partial charge on any atom is 0.0744 e. The smallest absolute Gasteiger partial charge is 0.0744 e. The van der Waals surface area contributed by atoms with E-state index < -0.39 is 0 Å². The van der Waals surface area contributed by atoms with Crippen molar-refractivity contribution in [3.05, 3.63) is 22.2 Å². The van der Waals surface area contributed by atoms with Gasteiger partial charge in [0.05, 0.1) is 11.4 Å². The van der Waals surface area contributed by atoms with Crippen LogP contribution in [0.1, 0.15) is 12.5 Å². The fourth-order valence-corrected chi connectivity index (χ4v) is 3.04. The van der Waals surface area contributed by atoms with Crippen LogP contribution in [0.4, 0.5) is 11.4 Å². The van der Waals surface area contributed by atoms with Gasteiger partial charge in [0.25, 0.3) is 0 Å². The Morgan fingerprint density at radius 1 is 1.47 bits per heavy atom. The van der Waals surface area contributed by atoms with Gasteiger partial charge in [-0.25, -0.2) is 0 Å². The van der Waals surface area contributed by atoms with Gasteiger partial charge in [-0.2, -0.15) is 0 Å². The van der Waals surface area contributed by atoms with E-state index in [1.54, 1.807) is 0 Å². The van der Waals surface area contributed by atoms with Crippen molar-refractivity contribution in [2.75, 3.05) is 30.4 Å². The molecule has 0 saturated heterocycles. The predicted molar refractivity (Wildman–Crippen MR) is 69.8 cm³/mol. The monoisotopic (exact) mass is 268 g/mol.